The summed E-state index contributed by atoms with van der Waals surface area (Å²) in [4.78, 5) is 2.53. The Morgan fingerprint density at radius 1 is 1.36 bits per heavy atom. The lowest BCUT2D eigenvalue weighted by atomic mass is 10.2. The van der Waals surface area contributed by atoms with Crippen molar-refractivity contribution in [1.29, 1.82) is 0 Å². The van der Waals surface area contributed by atoms with E-state index in [1.165, 1.54) is 25.9 Å². The minimum atomic E-state index is 0.671. The maximum atomic E-state index is 3.13. The molecule has 0 amide bonds. The topological polar surface area (TPSA) is 3.24 Å². The minimum absolute atomic E-state index is 0.671. The fourth-order valence-corrected chi connectivity index (χ4v) is 1.56. The molecule has 0 N–H and O–H groups in total. The molecular weight excluding hydrogens is 134 g/mol. The lowest BCUT2D eigenvalue weighted by Crippen LogP contribution is -2.29. The Balaban J connectivity index is 2.26. The molecule has 0 bridgehead atoms. The average molecular weight is 151 g/mol. The summed E-state index contributed by atoms with van der Waals surface area (Å²) >= 11 is 0. The maximum Gasteiger partial charge on any atom is 0.0242 e. The van der Waals surface area contributed by atoms with Crippen LogP contribution >= 0.6 is 0 Å². The van der Waals surface area contributed by atoms with E-state index in [4.69, 9.17) is 0 Å². The Morgan fingerprint density at radius 3 is 2.55 bits per heavy atom. The van der Waals surface area contributed by atoms with Crippen LogP contribution in [0.2, 0.25) is 0 Å². The second-order valence-electron chi connectivity index (χ2n) is 3.22. The van der Waals surface area contributed by atoms with Gasteiger partial charge in [-0.2, -0.15) is 0 Å². The fourth-order valence-electron chi connectivity index (χ4n) is 1.56. The molecule has 1 unspecified atom stereocenters. The molecule has 1 atom stereocenters. The summed E-state index contributed by atoms with van der Waals surface area (Å²) in [6.45, 7) is 6.76. The van der Waals surface area contributed by atoms with E-state index in [1.807, 2.05) is 6.92 Å². The van der Waals surface area contributed by atoms with Gasteiger partial charge in [0.15, 0.2) is 0 Å². The van der Waals surface area contributed by atoms with Gasteiger partial charge < -0.3 is 0 Å². The maximum absolute atomic E-state index is 3.13. The Hall–Kier alpha value is -0.480. The summed E-state index contributed by atoms with van der Waals surface area (Å²) in [5.74, 6) is 6.08. The number of hydrogen-bond donors (Lipinski definition) is 0. The van der Waals surface area contributed by atoms with Crippen molar-refractivity contribution < 1.29 is 0 Å². The molecule has 11 heavy (non-hydrogen) atoms. The second-order valence-corrected chi connectivity index (χ2v) is 3.22. The first-order valence-corrected chi connectivity index (χ1v) is 4.48. The van der Waals surface area contributed by atoms with Gasteiger partial charge in [0.1, 0.15) is 0 Å². The third kappa shape index (κ3) is 2.55. The van der Waals surface area contributed by atoms with Crippen molar-refractivity contribution in [2.24, 2.45) is 0 Å². The molecule has 1 fully saturated rings. The highest BCUT2D eigenvalue weighted by molar-refractivity contribution is 4.98. The molecule has 0 saturated carbocycles. The molecule has 0 aliphatic carbocycles. The van der Waals surface area contributed by atoms with Crippen LogP contribution in [-0.4, -0.2) is 24.0 Å². The first-order valence-electron chi connectivity index (χ1n) is 4.48. The Morgan fingerprint density at radius 2 is 2.00 bits per heavy atom. The van der Waals surface area contributed by atoms with Gasteiger partial charge in [0.2, 0.25) is 0 Å². The Bertz CT molecular complexity index is 157. The van der Waals surface area contributed by atoms with Crippen LogP contribution in [0.5, 0.6) is 0 Å². The van der Waals surface area contributed by atoms with E-state index >= 15 is 0 Å². The van der Waals surface area contributed by atoms with E-state index in [1.54, 1.807) is 0 Å². The van der Waals surface area contributed by atoms with Crippen molar-refractivity contribution in [3.05, 3.63) is 0 Å². The van der Waals surface area contributed by atoms with Crippen LogP contribution in [0.4, 0.5) is 0 Å². The average Bonchev–Trinajstić information content (AvgIpc) is 2.52. The molecule has 0 aromatic rings. The highest BCUT2D eigenvalue weighted by Gasteiger charge is 2.16. The standard InChI is InChI=1S/C10H17N/c1-3-4-7-10(2)11-8-5-6-9-11/h10H,5-9H2,1-2H3. The van der Waals surface area contributed by atoms with Gasteiger partial charge in [-0.05, 0) is 39.8 Å². The quantitative estimate of drug-likeness (QED) is 0.545. The van der Waals surface area contributed by atoms with Gasteiger partial charge in [0.25, 0.3) is 0 Å². The van der Waals surface area contributed by atoms with E-state index in [0.29, 0.717) is 6.04 Å². The summed E-state index contributed by atoms with van der Waals surface area (Å²) < 4.78 is 0. The van der Waals surface area contributed by atoms with E-state index in [2.05, 4.69) is 23.7 Å². The van der Waals surface area contributed by atoms with Crippen molar-refractivity contribution in [1.82, 2.24) is 4.90 Å². The lowest BCUT2D eigenvalue weighted by molar-refractivity contribution is 0.263. The Kier molecular flexibility index (Phi) is 3.45. The number of likely N-dealkylation sites (tertiary alicyclic amines) is 1. The van der Waals surface area contributed by atoms with Crippen LogP contribution in [-0.2, 0) is 0 Å². The number of hydrogen-bond acceptors (Lipinski definition) is 1. The second kappa shape index (κ2) is 4.41. The van der Waals surface area contributed by atoms with Crippen LogP contribution in [0.15, 0.2) is 0 Å². The minimum Gasteiger partial charge on any atom is -0.300 e. The molecule has 1 heterocycles. The zero-order chi connectivity index (χ0) is 8.10. The molecule has 62 valence electrons. The molecule has 0 radical (unpaired) electrons. The van der Waals surface area contributed by atoms with E-state index in [0.717, 1.165) is 6.42 Å². The van der Waals surface area contributed by atoms with Crippen LogP contribution in [0.3, 0.4) is 0 Å². The van der Waals surface area contributed by atoms with Crippen molar-refractivity contribution in [3.8, 4) is 11.8 Å². The zero-order valence-electron chi connectivity index (χ0n) is 7.56. The normalized spacial score (nSPS) is 20.9. The summed E-state index contributed by atoms with van der Waals surface area (Å²) in [5.41, 5.74) is 0. The van der Waals surface area contributed by atoms with Gasteiger partial charge in [-0.25, -0.2) is 0 Å². The molecule has 0 aromatic heterocycles. The third-order valence-corrected chi connectivity index (χ3v) is 2.34. The lowest BCUT2D eigenvalue weighted by Gasteiger charge is -2.21. The molecule has 1 aliphatic heterocycles. The first kappa shape index (κ1) is 8.62. The Labute approximate surface area is 69.8 Å². The van der Waals surface area contributed by atoms with Gasteiger partial charge in [-0.1, -0.05) is 0 Å². The van der Waals surface area contributed by atoms with Crippen LogP contribution in [0.1, 0.15) is 33.1 Å². The molecule has 0 spiro atoms. The van der Waals surface area contributed by atoms with E-state index < -0.39 is 0 Å². The molecule has 1 heteroatoms. The van der Waals surface area contributed by atoms with Crippen molar-refractivity contribution >= 4 is 0 Å². The predicted molar refractivity (Wildman–Crippen MR) is 48.3 cm³/mol. The highest BCUT2D eigenvalue weighted by atomic mass is 15.2. The molecule has 0 aromatic carbocycles. The van der Waals surface area contributed by atoms with E-state index in [-0.39, 0.29) is 0 Å². The van der Waals surface area contributed by atoms with Crippen molar-refractivity contribution in [2.45, 2.75) is 39.2 Å². The van der Waals surface area contributed by atoms with Crippen LogP contribution in [0.25, 0.3) is 0 Å². The van der Waals surface area contributed by atoms with Crippen molar-refractivity contribution in [2.75, 3.05) is 13.1 Å². The fraction of sp³-hybridized carbons (Fsp3) is 0.800. The van der Waals surface area contributed by atoms with Gasteiger partial charge in [0.05, 0.1) is 0 Å². The first-order chi connectivity index (χ1) is 5.34. The molecule has 1 nitrogen and oxygen atoms in total. The van der Waals surface area contributed by atoms with Gasteiger partial charge >= 0.3 is 0 Å². The van der Waals surface area contributed by atoms with Gasteiger partial charge in [-0.3, -0.25) is 4.90 Å². The van der Waals surface area contributed by atoms with Crippen molar-refractivity contribution in [3.63, 3.8) is 0 Å². The summed E-state index contributed by atoms with van der Waals surface area (Å²) in [7, 11) is 0. The SMILES string of the molecule is CC#CCC(C)N1CCCC1. The number of rotatable bonds is 2. The molecule has 1 rings (SSSR count). The summed E-state index contributed by atoms with van der Waals surface area (Å²) in [6, 6.07) is 0.671. The van der Waals surface area contributed by atoms with Crippen LogP contribution in [0, 0.1) is 11.8 Å². The van der Waals surface area contributed by atoms with Gasteiger partial charge in [0, 0.05) is 12.5 Å². The smallest absolute Gasteiger partial charge is 0.0242 e. The van der Waals surface area contributed by atoms with Gasteiger partial charge in [-0.15, -0.1) is 11.8 Å². The number of nitrogens with zero attached hydrogens (tertiary/aromatic N) is 1. The summed E-state index contributed by atoms with van der Waals surface area (Å²) in [6.07, 6.45) is 3.80. The molecule has 1 aliphatic rings. The highest BCUT2D eigenvalue weighted by Crippen LogP contribution is 2.12. The molecular formula is C10H17N. The predicted octanol–water partition coefficient (Wildman–Crippen LogP) is 1.88. The zero-order valence-corrected chi connectivity index (χ0v) is 7.56. The summed E-state index contributed by atoms with van der Waals surface area (Å²) in [5, 5.41) is 0. The third-order valence-electron chi connectivity index (χ3n) is 2.34. The van der Waals surface area contributed by atoms with E-state index in [9.17, 15) is 0 Å². The largest absolute Gasteiger partial charge is 0.300 e. The van der Waals surface area contributed by atoms with Crippen LogP contribution < -0.4 is 0 Å². The molecule has 1 saturated heterocycles. The monoisotopic (exact) mass is 151 g/mol.